The average molecular weight is 332 g/mol. The molecule has 2 unspecified atom stereocenters. The van der Waals surface area contributed by atoms with Crippen LogP contribution in [0.4, 0.5) is 5.69 Å². The summed E-state index contributed by atoms with van der Waals surface area (Å²) >= 11 is 3.47. The molecule has 2 nitrogen and oxygen atoms in total. The van der Waals surface area contributed by atoms with Crippen LogP contribution in [0, 0.1) is 11.8 Å². The number of hydrogen-bond acceptors (Lipinski definition) is 1. The highest BCUT2D eigenvalue weighted by molar-refractivity contribution is 9.10. The highest BCUT2D eigenvalue weighted by Gasteiger charge is 2.29. The number of halogens is 1. The van der Waals surface area contributed by atoms with Crippen LogP contribution in [0.15, 0.2) is 40.9 Å². The van der Waals surface area contributed by atoms with E-state index in [4.69, 9.17) is 0 Å². The van der Waals surface area contributed by atoms with E-state index in [1.165, 1.54) is 18.2 Å². The lowest BCUT2D eigenvalue weighted by molar-refractivity contribution is -0.120. The number of benzene rings is 2. The number of carbonyl (C=O) groups is 1. The molecule has 3 rings (SSSR count). The molecule has 2 aromatic carbocycles. The van der Waals surface area contributed by atoms with Crippen molar-refractivity contribution in [2.45, 2.75) is 26.2 Å². The van der Waals surface area contributed by atoms with E-state index in [1.54, 1.807) is 0 Å². The van der Waals surface area contributed by atoms with Crippen LogP contribution in [0.1, 0.15) is 26.2 Å². The molecule has 3 heteroatoms. The van der Waals surface area contributed by atoms with Gasteiger partial charge < -0.3 is 5.32 Å². The van der Waals surface area contributed by atoms with Crippen LogP contribution >= 0.6 is 15.9 Å². The number of hydrogen-bond donors (Lipinski definition) is 1. The van der Waals surface area contributed by atoms with Crippen LogP contribution in [0.2, 0.25) is 0 Å². The van der Waals surface area contributed by atoms with Crippen molar-refractivity contribution in [3.05, 3.63) is 40.9 Å². The highest BCUT2D eigenvalue weighted by Crippen LogP contribution is 2.32. The van der Waals surface area contributed by atoms with E-state index in [-0.39, 0.29) is 11.8 Å². The largest absolute Gasteiger partial charge is 0.326 e. The Labute approximate surface area is 127 Å². The second-order valence-corrected chi connectivity index (χ2v) is 6.63. The Morgan fingerprint density at radius 3 is 2.65 bits per heavy atom. The molecule has 2 atom stereocenters. The number of nitrogens with one attached hydrogen (secondary N) is 1. The van der Waals surface area contributed by atoms with Gasteiger partial charge in [-0.25, -0.2) is 0 Å². The second kappa shape index (κ2) is 5.57. The molecule has 0 bridgehead atoms. The molecule has 1 aliphatic carbocycles. The maximum absolute atomic E-state index is 12.3. The summed E-state index contributed by atoms with van der Waals surface area (Å²) in [4.78, 5) is 12.3. The molecule has 1 saturated carbocycles. The Bertz CT molecular complexity index is 652. The fraction of sp³-hybridized carbons (Fsp3) is 0.353. The predicted octanol–water partition coefficient (Wildman–Crippen LogP) is 4.98. The highest BCUT2D eigenvalue weighted by atomic mass is 79.9. The Hall–Kier alpha value is -1.35. The fourth-order valence-corrected chi connectivity index (χ4v) is 3.44. The summed E-state index contributed by atoms with van der Waals surface area (Å²) in [6.45, 7) is 2.18. The zero-order valence-corrected chi connectivity index (χ0v) is 13.1. The zero-order chi connectivity index (χ0) is 14.1. The summed E-state index contributed by atoms with van der Waals surface area (Å²) in [5.74, 6) is 0.855. The van der Waals surface area contributed by atoms with Crippen molar-refractivity contribution in [1.29, 1.82) is 0 Å². The number of amides is 1. The Morgan fingerprint density at radius 1 is 1.15 bits per heavy atom. The maximum Gasteiger partial charge on any atom is 0.227 e. The summed E-state index contributed by atoms with van der Waals surface area (Å²) in [6, 6.07) is 12.2. The van der Waals surface area contributed by atoms with E-state index in [1.807, 2.05) is 24.3 Å². The second-order valence-electron chi connectivity index (χ2n) is 5.71. The summed E-state index contributed by atoms with van der Waals surface area (Å²) in [5.41, 5.74) is 0.893. The van der Waals surface area contributed by atoms with Gasteiger partial charge >= 0.3 is 0 Å². The van der Waals surface area contributed by atoms with Gasteiger partial charge in [0.1, 0.15) is 0 Å². The monoisotopic (exact) mass is 331 g/mol. The topological polar surface area (TPSA) is 29.1 Å². The first-order chi connectivity index (χ1) is 9.63. The van der Waals surface area contributed by atoms with E-state index in [0.717, 1.165) is 22.0 Å². The third-order valence-corrected chi connectivity index (χ3v) is 4.76. The third-order valence-electron chi connectivity index (χ3n) is 4.27. The van der Waals surface area contributed by atoms with Gasteiger partial charge in [0.2, 0.25) is 5.91 Å². The molecule has 0 saturated heterocycles. The average Bonchev–Trinajstić information content (AvgIpc) is 2.85. The maximum atomic E-state index is 12.3. The molecule has 0 heterocycles. The summed E-state index contributed by atoms with van der Waals surface area (Å²) in [7, 11) is 0. The van der Waals surface area contributed by atoms with E-state index >= 15 is 0 Å². The lowest BCUT2D eigenvalue weighted by Crippen LogP contribution is -2.24. The standard InChI is InChI=1S/C17H18BrNO/c1-11-3-2-4-16(11)17(20)19-15-8-6-12-9-14(18)7-5-13(12)10-15/h5-11,16H,2-4H2,1H3,(H,19,20). The third kappa shape index (κ3) is 2.73. The molecule has 0 aromatic heterocycles. The van der Waals surface area contributed by atoms with Crippen LogP contribution in [-0.4, -0.2) is 5.91 Å². The van der Waals surface area contributed by atoms with E-state index in [0.29, 0.717) is 5.92 Å². The number of anilines is 1. The molecule has 20 heavy (non-hydrogen) atoms. The van der Waals surface area contributed by atoms with Gasteiger partial charge in [0.15, 0.2) is 0 Å². The molecule has 0 radical (unpaired) electrons. The van der Waals surface area contributed by atoms with Gasteiger partial charge in [-0.15, -0.1) is 0 Å². The van der Waals surface area contributed by atoms with Crippen LogP contribution in [0.25, 0.3) is 10.8 Å². The molecule has 1 amide bonds. The molecule has 1 N–H and O–H groups in total. The van der Waals surface area contributed by atoms with Crippen LogP contribution in [0.3, 0.4) is 0 Å². The van der Waals surface area contributed by atoms with Gasteiger partial charge in [-0.1, -0.05) is 41.4 Å². The van der Waals surface area contributed by atoms with Crippen molar-refractivity contribution >= 4 is 38.3 Å². The molecule has 0 aliphatic heterocycles. The number of carbonyl (C=O) groups excluding carboxylic acids is 1. The van der Waals surface area contributed by atoms with Crippen molar-refractivity contribution in [3.63, 3.8) is 0 Å². The molecular formula is C17H18BrNO. The molecule has 0 spiro atoms. The summed E-state index contributed by atoms with van der Waals surface area (Å²) in [6.07, 6.45) is 3.36. The number of fused-ring (bicyclic) bond motifs is 1. The SMILES string of the molecule is CC1CCCC1C(=O)Nc1ccc2cc(Br)ccc2c1. The van der Waals surface area contributed by atoms with Gasteiger partial charge in [0.25, 0.3) is 0 Å². The number of rotatable bonds is 2. The van der Waals surface area contributed by atoms with Crippen molar-refractivity contribution in [3.8, 4) is 0 Å². The first-order valence-corrected chi connectivity index (χ1v) is 7.93. The zero-order valence-electron chi connectivity index (χ0n) is 11.5. The van der Waals surface area contributed by atoms with Crippen molar-refractivity contribution in [2.75, 3.05) is 5.32 Å². The minimum Gasteiger partial charge on any atom is -0.326 e. The normalized spacial score (nSPS) is 22.1. The quantitative estimate of drug-likeness (QED) is 0.826. The van der Waals surface area contributed by atoms with Gasteiger partial charge in [-0.2, -0.15) is 0 Å². The van der Waals surface area contributed by atoms with Crippen molar-refractivity contribution < 1.29 is 4.79 Å². The summed E-state index contributed by atoms with van der Waals surface area (Å²) < 4.78 is 1.07. The van der Waals surface area contributed by atoms with Crippen LogP contribution in [-0.2, 0) is 4.79 Å². The van der Waals surface area contributed by atoms with Crippen LogP contribution < -0.4 is 5.32 Å². The van der Waals surface area contributed by atoms with Crippen LogP contribution in [0.5, 0.6) is 0 Å². The smallest absolute Gasteiger partial charge is 0.227 e. The first-order valence-electron chi connectivity index (χ1n) is 7.14. The van der Waals surface area contributed by atoms with Gasteiger partial charge in [-0.05, 0) is 53.8 Å². The molecule has 1 aliphatic rings. The van der Waals surface area contributed by atoms with Crippen molar-refractivity contribution in [2.24, 2.45) is 11.8 Å². The Morgan fingerprint density at radius 2 is 1.90 bits per heavy atom. The van der Waals surface area contributed by atoms with E-state index < -0.39 is 0 Å². The minimum atomic E-state index is 0.173. The lowest BCUT2D eigenvalue weighted by Gasteiger charge is -2.15. The van der Waals surface area contributed by atoms with E-state index in [2.05, 4.69) is 40.3 Å². The Balaban J connectivity index is 1.80. The summed E-state index contributed by atoms with van der Waals surface area (Å²) in [5, 5.41) is 5.39. The molecular weight excluding hydrogens is 314 g/mol. The molecule has 2 aromatic rings. The van der Waals surface area contributed by atoms with E-state index in [9.17, 15) is 4.79 Å². The lowest BCUT2D eigenvalue weighted by atomic mass is 9.97. The minimum absolute atomic E-state index is 0.173. The molecule has 1 fully saturated rings. The van der Waals surface area contributed by atoms with Gasteiger partial charge in [0, 0.05) is 16.1 Å². The fourth-order valence-electron chi connectivity index (χ4n) is 3.06. The predicted molar refractivity (Wildman–Crippen MR) is 86.8 cm³/mol. The van der Waals surface area contributed by atoms with Gasteiger partial charge in [0.05, 0.1) is 0 Å². The molecule has 104 valence electrons. The first kappa shape index (κ1) is 13.6. The Kier molecular flexibility index (Phi) is 3.79. The van der Waals surface area contributed by atoms with Crippen molar-refractivity contribution in [1.82, 2.24) is 0 Å². The van der Waals surface area contributed by atoms with Gasteiger partial charge in [-0.3, -0.25) is 4.79 Å².